The van der Waals surface area contributed by atoms with Crippen LogP contribution >= 0.6 is 0 Å². The zero-order chi connectivity index (χ0) is 17.9. The summed E-state index contributed by atoms with van der Waals surface area (Å²) >= 11 is 0. The van der Waals surface area contributed by atoms with Gasteiger partial charge in [-0.25, -0.2) is 8.42 Å². The number of ether oxygens (including phenoxy) is 1. The topological polar surface area (TPSA) is 100 Å². The van der Waals surface area contributed by atoms with Gasteiger partial charge in [0.05, 0.1) is 18.9 Å². The average Bonchev–Trinajstić information content (AvgIpc) is 3.06. The summed E-state index contributed by atoms with van der Waals surface area (Å²) in [6.07, 6.45) is 1.38. The van der Waals surface area contributed by atoms with Crippen LogP contribution in [0.3, 0.4) is 0 Å². The fraction of sp³-hybridized carbons (Fsp3) is 0.733. The van der Waals surface area contributed by atoms with Gasteiger partial charge in [0, 0.05) is 51.3 Å². The molecule has 2 aliphatic heterocycles. The molecule has 1 aromatic rings. The van der Waals surface area contributed by atoms with E-state index in [1.165, 1.54) is 10.6 Å². The molecule has 0 aromatic carbocycles. The van der Waals surface area contributed by atoms with E-state index in [0.29, 0.717) is 31.9 Å². The Hall–Kier alpha value is -1.65. The summed E-state index contributed by atoms with van der Waals surface area (Å²) < 4.78 is 36.4. The molecule has 25 heavy (non-hydrogen) atoms. The standard InChI is InChI=1S/C15H25N5O4S/c1-15(11-23-12-15)10-17-14(16-2)19-4-6-20(7-5-19)25(21,22)9-13-3-8-24-18-13/h3,8H,4-7,9-12H2,1-2H3,(H,16,17). The maximum Gasteiger partial charge on any atom is 0.220 e. The number of nitrogens with zero attached hydrogens (tertiary/aromatic N) is 4. The lowest BCUT2D eigenvalue weighted by Gasteiger charge is -2.40. The van der Waals surface area contributed by atoms with Gasteiger partial charge >= 0.3 is 0 Å². The Morgan fingerprint density at radius 2 is 2.08 bits per heavy atom. The third kappa shape index (κ3) is 4.31. The second kappa shape index (κ2) is 7.30. The normalized spacial score (nSPS) is 21.8. The molecule has 2 saturated heterocycles. The SMILES string of the molecule is CN=C(NCC1(C)COC1)N1CCN(S(=O)(=O)Cc2ccon2)CC1. The van der Waals surface area contributed by atoms with Crippen molar-refractivity contribution in [3.05, 3.63) is 18.0 Å². The van der Waals surface area contributed by atoms with Crippen LogP contribution in [0.2, 0.25) is 0 Å². The summed E-state index contributed by atoms with van der Waals surface area (Å²) in [7, 11) is -1.64. The molecule has 2 fully saturated rings. The molecule has 0 saturated carbocycles. The summed E-state index contributed by atoms with van der Waals surface area (Å²) in [5.41, 5.74) is 0.578. The Morgan fingerprint density at radius 1 is 1.36 bits per heavy atom. The van der Waals surface area contributed by atoms with Crippen LogP contribution in [-0.4, -0.2) is 81.7 Å². The summed E-state index contributed by atoms with van der Waals surface area (Å²) in [5, 5.41) is 7.06. The molecule has 10 heteroatoms. The van der Waals surface area contributed by atoms with E-state index in [1.54, 1.807) is 13.1 Å². The lowest BCUT2D eigenvalue weighted by molar-refractivity contribution is -0.0973. The Balaban J connectivity index is 1.51. The van der Waals surface area contributed by atoms with Gasteiger partial charge in [-0.2, -0.15) is 4.31 Å². The molecule has 0 atom stereocenters. The molecular formula is C15H25N5O4S. The highest BCUT2D eigenvalue weighted by molar-refractivity contribution is 7.88. The number of rotatable bonds is 5. The van der Waals surface area contributed by atoms with Crippen molar-refractivity contribution in [3.63, 3.8) is 0 Å². The number of aliphatic imine (C=N–C) groups is 1. The first-order valence-electron chi connectivity index (χ1n) is 8.32. The fourth-order valence-electron chi connectivity index (χ4n) is 2.95. The Labute approximate surface area is 148 Å². The van der Waals surface area contributed by atoms with Crippen LogP contribution in [-0.2, 0) is 20.5 Å². The van der Waals surface area contributed by atoms with Gasteiger partial charge < -0.3 is 19.5 Å². The van der Waals surface area contributed by atoms with E-state index in [9.17, 15) is 8.42 Å². The van der Waals surface area contributed by atoms with Gasteiger partial charge in [-0.1, -0.05) is 12.1 Å². The summed E-state index contributed by atoms with van der Waals surface area (Å²) in [6.45, 7) is 6.55. The number of nitrogens with one attached hydrogen (secondary N) is 1. The molecule has 0 radical (unpaired) electrons. The van der Waals surface area contributed by atoms with Gasteiger partial charge in [0.25, 0.3) is 0 Å². The van der Waals surface area contributed by atoms with E-state index in [4.69, 9.17) is 9.26 Å². The highest BCUT2D eigenvalue weighted by Crippen LogP contribution is 2.25. The van der Waals surface area contributed by atoms with Crippen LogP contribution < -0.4 is 5.32 Å². The Kier molecular flexibility index (Phi) is 5.30. The maximum absolute atomic E-state index is 12.5. The predicted octanol–water partition coefficient (Wildman–Crippen LogP) is -0.266. The van der Waals surface area contributed by atoms with Crippen molar-refractivity contribution in [1.82, 2.24) is 19.7 Å². The second-order valence-electron chi connectivity index (χ2n) is 6.84. The van der Waals surface area contributed by atoms with Gasteiger partial charge in [0.2, 0.25) is 10.0 Å². The molecule has 0 spiro atoms. The molecule has 0 amide bonds. The van der Waals surface area contributed by atoms with Gasteiger partial charge in [-0.3, -0.25) is 4.99 Å². The maximum atomic E-state index is 12.5. The Morgan fingerprint density at radius 3 is 2.60 bits per heavy atom. The molecule has 1 aromatic heterocycles. The van der Waals surface area contributed by atoms with Gasteiger partial charge in [0.15, 0.2) is 5.96 Å². The highest BCUT2D eigenvalue weighted by Gasteiger charge is 2.34. The highest BCUT2D eigenvalue weighted by atomic mass is 32.2. The second-order valence-corrected chi connectivity index (χ2v) is 8.81. The van der Waals surface area contributed by atoms with E-state index in [0.717, 1.165) is 25.7 Å². The first-order chi connectivity index (χ1) is 11.9. The average molecular weight is 371 g/mol. The minimum atomic E-state index is -3.39. The third-order valence-electron chi connectivity index (χ3n) is 4.54. The monoisotopic (exact) mass is 371 g/mol. The Bertz CT molecular complexity index is 692. The quantitative estimate of drug-likeness (QED) is 0.562. The zero-order valence-electron chi connectivity index (χ0n) is 14.6. The molecule has 3 heterocycles. The molecule has 140 valence electrons. The molecule has 0 bridgehead atoms. The molecule has 9 nitrogen and oxygen atoms in total. The van der Waals surface area contributed by atoms with Crippen molar-refractivity contribution in [3.8, 4) is 0 Å². The van der Waals surface area contributed by atoms with E-state index < -0.39 is 10.0 Å². The van der Waals surface area contributed by atoms with Crippen molar-refractivity contribution in [2.24, 2.45) is 10.4 Å². The van der Waals surface area contributed by atoms with Crippen LogP contribution in [0.25, 0.3) is 0 Å². The van der Waals surface area contributed by atoms with E-state index in [-0.39, 0.29) is 11.2 Å². The fourth-order valence-corrected chi connectivity index (χ4v) is 4.37. The lowest BCUT2D eigenvalue weighted by Crippen LogP contribution is -2.56. The number of piperazine rings is 1. The number of hydrogen-bond acceptors (Lipinski definition) is 6. The first kappa shape index (κ1) is 18.2. The predicted molar refractivity (Wildman–Crippen MR) is 92.6 cm³/mol. The van der Waals surface area contributed by atoms with E-state index >= 15 is 0 Å². The third-order valence-corrected chi connectivity index (χ3v) is 6.35. The van der Waals surface area contributed by atoms with Crippen LogP contribution in [0, 0.1) is 5.41 Å². The largest absolute Gasteiger partial charge is 0.380 e. The molecule has 3 rings (SSSR count). The number of guanidine groups is 1. The van der Waals surface area contributed by atoms with Crippen molar-refractivity contribution >= 4 is 16.0 Å². The molecular weight excluding hydrogens is 346 g/mol. The molecule has 0 aliphatic carbocycles. The van der Waals surface area contributed by atoms with E-state index in [1.807, 2.05) is 0 Å². The molecule has 2 aliphatic rings. The van der Waals surface area contributed by atoms with Gasteiger partial charge in [-0.05, 0) is 0 Å². The zero-order valence-corrected chi connectivity index (χ0v) is 15.5. The van der Waals surface area contributed by atoms with E-state index in [2.05, 4.69) is 27.3 Å². The number of aromatic nitrogens is 1. The van der Waals surface area contributed by atoms with Crippen molar-refractivity contribution in [1.29, 1.82) is 0 Å². The number of sulfonamides is 1. The van der Waals surface area contributed by atoms with Crippen LogP contribution in [0.1, 0.15) is 12.6 Å². The van der Waals surface area contributed by atoms with Gasteiger partial charge in [-0.15, -0.1) is 0 Å². The first-order valence-corrected chi connectivity index (χ1v) is 9.93. The van der Waals surface area contributed by atoms with Crippen molar-refractivity contribution in [2.45, 2.75) is 12.7 Å². The molecule has 0 unspecified atom stereocenters. The van der Waals surface area contributed by atoms with Crippen molar-refractivity contribution < 1.29 is 17.7 Å². The summed E-state index contributed by atoms with van der Waals surface area (Å²) in [6, 6.07) is 1.57. The summed E-state index contributed by atoms with van der Waals surface area (Å²) in [4.78, 5) is 6.41. The molecule has 1 N–H and O–H groups in total. The van der Waals surface area contributed by atoms with Crippen LogP contribution in [0.5, 0.6) is 0 Å². The minimum Gasteiger partial charge on any atom is -0.380 e. The smallest absolute Gasteiger partial charge is 0.220 e. The van der Waals surface area contributed by atoms with Gasteiger partial charge in [0.1, 0.15) is 12.0 Å². The van der Waals surface area contributed by atoms with Crippen LogP contribution in [0.15, 0.2) is 21.8 Å². The van der Waals surface area contributed by atoms with Crippen LogP contribution in [0.4, 0.5) is 0 Å². The minimum absolute atomic E-state index is 0.130. The number of hydrogen-bond donors (Lipinski definition) is 1. The summed E-state index contributed by atoms with van der Waals surface area (Å²) in [5.74, 6) is 0.677. The van der Waals surface area contributed by atoms with Crippen molar-refractivity contribution in [2.75, 3.05) is 53.0 Å². The lowest BCUT2D eigenvalue weighted by atomic mass is 9.89.